The molecule has 1 fully saturated rings. The molecule has 132 valence electrons. The van der Waals surface area contributed by atoms with E-state index in [4.69, 9.17) is 11.6 Å². The highest BCUT2D eigenvalue weighted by molar-refractivity contribution is 6.31. The van der Waals surface area contributed by atoms with Crippen LogP contribution in [0.25, 0.3) is 10.9 Å². The van der Waals surface area contributed by atoms with Crippen molar-refractivity contribution >= 4 is 34.4 Å². The van der Waals surface area contributed by atoms with E-state index in [2.05, 4.69) is 4.98 Å². The van der Waals surface area contributed by atoms with Crippen LogP contribution in [-0.2, 0) is 4.79 Å². The first-order valence-corrected chi connectivity index (χ1v) is 8.84. The van der Waals surface area contributed by atoms with E-state index in [9.17, 15) is 14.7 Å². The Hall–Kier alpha value is -2.14. The molecule has 1 saturated heterocycles. The average Bonchev–Trinajstić information content (AvgIpc) is 2.59. The summed E-state index contributed by atoms with van der Waals surface area (Å²) in [4.78, 5) is 31.0. The number of likely N-dealkylation sites (tertiary alicyclic amines) is 1. The lowest BCUT2D eigenvalue weighted by Crippen LogP contribution is -2.49. The molecule has 25 heavy (non-hydrogen) atoms. The molecule has 0 aliphatic carbocycles. The van der Waals surface area contributed by atoms with E-state index in [1.807, 2.05) is 13.8 Å². The molecule has 1 aliphatic heterocycles. The standard InChI is InChI=1S/C19H21ClN2O3/c1-3-19(18(24)25)7-4-8-22(11-19)17(23)15-9-12(2)21-16-10-13(20)5-6-14(15)16/h5-6,9-10H,3-4,7-8,11H2,1-2H3,(H,24,25). The number of benzene rings is 1. The molecule has 3 rings (SSSR count). The summed E-state index contributed by atoms with van der Waals surface area (Å²) in [6, 6.07) is 7.04. The number of piperidine rings is 1. The second-order valence-electron chi connectivity index (χ2n) is 6.74. The minimum atomic E-state index is -0.852. The first kappa shape index (κ1) is 17.7. The molecule has 1 amide bonds. The van der Waals surface area contributed by atoms with E-state index in [1.165, 1.54) is 0 Å². The van der Waals surface area contributed by atoms with Gasteiger partial charge in [0.05, 0.1) is 16.5 Å². The van der Waals surface area contributed by atoms with Gasteiger partial charge in [-0.2, -0.15) is 0 Å². The molecular formula is C19H21ClN2O3. The van der Waals surface area contributed by atoms with Crippen LogP contribution in [0.5, 0.6) is 0 Å². The van der Waals surface area contributed by atoms with Gasteiger partial charge in [-0.15, -0.1) is 0 Å². The van der Waals surface area contributed by atoms with Crippen LogP contribution < -0.4 is 0 Å². The smallest absolute Gasteiger partial charge is 0.311 e. The molecule has 5 nitrogen and oxygen atoms in total. The Kier molecular flexibility index (Phi) is 4.69. The SMILES string of the molecule is CCC1(C(=O)O)CCCN(C(=O)c2cc(C)nc3cc(Cl)ccc23)C1. The van der Waals surface area contributed by atoms with Gasteiger partial charge in [0.1, 0.15) is 0 Å². The number of carboxylic acid groups (broad SMARTS) is 1. The number of hydrogen-bond donors (Lipinski definition) is 1. The van der Waals surface area contributed by atoms with Gasteiger partial charge >= 0.3 is 5.97 Å². The summed E-state index contributed by atoms with van der Waals surface area (Å²) in [5.41, 5.74) is 1.11. The molecule has 1 aliphatic rings. The van der Waals surface area contributed by atoms with Gasteiger partial charge in [0.2, 0.25) is 0 Å². The number of fused-ring (bicyclic) bond motifs is 1. The molecule has 0 saturated carbocycles. The van der Waals surface area contributed by atoms with Crippen LogP contribution in [0, 0.1) is 12.3 Å². The van der Waals surface area contributed by atoms with E-state index in [-0.39, 0.29) is 12.5 Å². The fourth-order valence-electron chi connectivity index (χ4n) is 3.60. The summed E-state index contributed by atoms with van der Waals surface area (Å²) >= 11 is 6.04. The minimum Gasteiger partial charge on any atom is -0.481 e. The zero-order valence-electron chi connectivity index (χ0n) is 14.4. The Morgan fingerprint density at radius 2 is 2.12 bits per heavy atom. The molecule has 1 atom stereocenters. The van der Waals surface area contributed by atoms with E-state index < -0.39 is 11.4 Å². The lowest BCUT2D eigenvalue weighted by atomic mass is 9.77. The zero-order valence-corrected chi connectivity index (χ0v) is 15.1. The number of carboxylic acids is 1. The molecule has 0 bridgehead atoms. The van der Waals surface area contributed by atoms with E-state index in [0.717, 1.165) is 11.1 Å². The maximum Gasteiger partial charge on any atom is 0.311 e. The molecule has 0 radical (unpaired) electrons. The molecule has 2 heterocycles. The van der Waals surface area contributed by atoms with E-state index in [0.29, 0.717) is 41.9 Å². The third-order valence-corrected chi connectivity index (χ3v) is 5.36. The van der Waals surface area contributed by atoms with Crippen molar-refractivity contribution in [3.63, 3.8) is 0 Å². The van der Waals surface area contributed by atoms with E-state index in [1.54, 1.807) is 29.2 Å². The first-order chi connectivity index (χ1) is 11.9. The number of aromatic nitrogens is 1. The van der Waals surface area contributed by atoms with Gasteiger partial charge in [0.25, 0.3) is 5.91 Å². The van der Waals surface area contributed by atoms with Crippen LogP contribution in [0.1, 0.15) is 42.2 Å². The van der Waals surface area contributed by atoms with Crippen LogP contribution >= 0.6 is 11.6 Å². The summed E-state index contributed by atoms with van der Waals surface area (Å²) in [5, 5.41) is 10.9. The number of carbonyl (C=O) groups excluding carboxylic acids is 1. The number of amides is 1. The number of hydrogen-bond acceptors (Lipinski definition) is 3. The van der Waals surface area contributed by atoms with Gasteiger partial charge in [-0.1, -0.05) is 24.6 Å². The monoisotopic (exact) mass is 360 g/mol. The van der Waals surface area contributed by atoms with Gasteiger partial charge in [0.15, 0.2) is 0 Å². The summed E-state index contributed by atoms with van der Waals surface area (Å²) in [6.45, 7) is 4.52. The van der Waals surface area contributed by atoms with Crippen LogP contribution in [0.4, 0.5) is 0 Å². The molecule has 1 N–H and O–H groups in total. The van der Waals surface area contributed by atoms with Crippen LogP contribution in [0.15, 0.2) is 24.3 Å². The van der Waals surface area contributed by atoms with Crippen LogP contribution in [0.3, 0.4) is 0 Å². The van der Waals surface area contributed by atoms with Gasteiger partial charge in [-0.3, -0.25) is 14.6 Å². The zero-order chi connectivity index (χ0) is 18.2. The molecule has 2 aromatic rings. The minimum absolute atomic E-state index is 0.142. The Labute approximate surface area is 151 Å². The van der Waals surface area contributed by atoms with Gasteiger partial charge in [-0.05, 0) is 44.4 Å². The van der Waals surface area contributed by atoms with Crippen molar-refractivity contribution in [3.8, 4) is 0 Å². The van der Waals surface area contributed by atoms with Crippen LogP contribution in [-0.4, -0.2) is 40.0 Å². The van der Waals surface area contributed by atoms with Gasteiger partial charge in [-0.25, -0.2) is 0 Å². The number of nitrogens with zero attached hydrogens (tertiary/aromatic N) is 2. The highest BCUT2D eigenvalue weighted by atomic mass is 35.5. The third-order valence-electron chi connectivity index (χ3n) is 5.12. The summed E-state index contributed by atoms with van der Waals surface area (Å²) in [7, 11) is 0. The fourth-order valence-corrected chi connectivity index (χ4v) is 3.77. The second-order valence-corrected chi connectivity index (χ2v) is 7.18. The van der Waals surface area contributed by atoms with Crippen molar-refractivity contribution in [1.29, 1.82) is 0 Å². The van der Waals surface area contributed by atoms with Crippen molar-refractivity contribution in [2.45, 2.75) is 33.1 Å². The first-order valence-electron chi connectivity index (χ1n) is 8.46. The van der Waals surface area contributed by atoms with Crippen molar-refractivity contribution in [3.05, 3.63) is 40.5 Å². The predicted molar refractivity (Wildman–Crippen MR) is 97.0 cm³/mol. The third kappa shape index (κ3) is 3.21. The predicted octanol–water partition coefficient (Wildman–Crippen LogP) is 3.91. The van der Waals surface area contributed by atoms with Crippen molar-refractivity contribution < 1.29 is 14.7 Å². The number of rotatable bonds is 3. The highest BCUT2D eigenvalue weighted by Gasteiger charge is 2.42. The molecule has 1 aromatic carbocycles. The fraction of sp³-hybridized carbons (Fsp3) is 0.421. The Morgan fingerprint density at radius 1 is 1.36 bits per heavy atom. The highest BCUT2D eigenvalue weighted by Crippen LogP contribution is 2.35. The van der Waals surface area contributed by atoms with Gasteiger partial charge < -0.3 is 10.0 Å². The number of pyridine rings is 1. The molecule has 1 unspecified atom stereocenters. The van der Waals surface area contributed by atoms with Crippen molar-refractivity contribution in [2.75, 3.05) is 13.1 Å². The number of carbonyl (C=O) groups is 2. The number of aliphatic carboxylic acids is 1. The summed E-state index contributed by atoms with van der Waals surface area (Å²) < 4.78 is 0. The number of halogens is 1. The average molecular weight is 361 g/mol. The maximum atomic E-state index is 13.1. The topological polar surface area (TPSA) is 70.5 Å². The molecule has 0 spiro atoms. The second kappa shape index (κ2) is 6.64. The number of aryl methyl sites for hydroxylation is 1. The lowest BCUT2D eigenvalue weighted by Gasteiger charge is -2.39. The largest absolute Gasteiger partial charge is 0.481 e. The van der Waals surface area contributed by atoms with E-state index >= 15 is 0 Å². The van der Waals surface area contributed by atoms with Gasteiger partial charge in [0, 0.05) is 29.2 Å². The molecular weight excluding hydrogens is 340 g/mol. The molecule has 6 heteroatoms. The van der Waals surface area contributed by atoms with Crippen molar-refractivity contribution in [1.82, 2.24) is 9.88 Å². The Bertz CT molecular complexity index is 847. The summed E-state index contributed by atoms with van der Waals surface area (Å²) in [5.74, 6) is -0.966. The Morgan fingerprint density at radius 3 is 2.80 bits per heavy atom. The maximum absolute atomic E-state index is 13.1. The Balaban J connectivity index is 2.01. The quantitative estimate of drug-likeness (QED) is 0.900. The normalized spacial score (nSPS) is 20.7. The molecule has 1 aromatic heterocycles. The summed E-state index contributed by atoms with van der Waals surface area (Å²) in [6.07, 6.45) is 1.81. The lowest BCUT2D eigenvalue weighted by molar-refractivity contribution is -0.152. The van der Waals surface area contributed by atoms with Crippen LogP contribution in [0.2, 0.25) is 5.02 Å². The van der Waals surface area contributed by atoms with Crippen molar-refractivity contribution in [2.24, 2.45) is 5.41 Å².